The van der Waals surface area contributed by atoms with Gasteiger partial charge in [-0.3, -0.25) is 4.84 Å². The molecule has 0 aromatic heterocycles. The standard InChI is InChI=1S/C4H6N2O3/c1-3-2-9-5-4(3)6(7)8/h3H,2H2,1H3/t3-/m0/s1. The van der Waals surface area contributed by atoms with Crippen molar-refractivity contribution in [1.29, 1.82) is 0 Å². The topological polar surface area (TPSA) is 64.7 Å². The van der Waals surface area contributed by atoms with Crippen molar-refractivity contribution in [3.63, 3.8) is 0 Å². The molecule has 1 rings (SSSR count). The summed E-state index contributed by atoms with van der Waals surface area (Å²) in [7, 11) is 0. The van der Waals surface area contributed by atoms with E-state index in [0.717, 1.165) is 0 Å². The molecule has 5 nitrogen and oxygen atoms in total. The maximum atomic E-state index is 10.0. The first-order valence-corrected chi connectivity index (χ1v) is 2.56. The minimum absolute atomic E-state index is 0.0741. The van der Waals surface area contributed by atoms with Gasteiger partial charge in [0.15, 0.2) is 11.8 Å². The molecule has 9 heavy (non-hydrogen) atoms. The van der Waals surface area contributed by atoms with E-state index in [4.69, 9.17) is 0 Å². The van der Waals surface area contributed by atoms with Crippen LogP contribution < -0.4 is 0 Å². The van der Waals surface area contributed by atoms with Crippen molar-refractivity contribution in [2.24, 2.45) is 11.1 Å². The van der Waals surface area contributed by atoms with Crippen LogP contribution in [0.1, 0.15) is 6.92 Å². The van der Waals surface area contributed by atoms with E-state index >= 15 is 0 Å². The highest BCUT2D eigenvalue weighted by Crippen LogP contribution is 2.08. The Morgan fingerprint density at radius 2 is 2.67 bits per heavy atom. The summed E-state index contributed by atoms with van der Waals surface area (Å²) in [6.45, 7) is 2.03. The van der Waals surface area contributed by atoms with E-state index in [9.17, 15) is 10.1 Å². The zero-order valence-corrected chi connectivity index (χ0v) is 4.90. The summed E-state index contributed by atoms with van der Waals surface area (Å²) in [5, 5.41) is 13.2. The van der Waals surface area contributed by atoms with E-state index in [1.807, 2.05) is 0 Å². The van der Waals surface area contributed by atoms with E-state index in [1.54, 1.807) is 6.92 Å². The molecule has 1 heterocycles. The van der Waals surface area contributed by atoms with Gasteiger partial charge in [0, 0.05) is 0 Å². The lowest BCUT2D eigenvalue weighted by atomic mass is 10.2. The van der Waals surface area contributed by atoms with E-state index < -0.39 is 4.92 Å². The molecular weight excluding hydrogens is 124 g/mol. The third-order valence-electron chi connectivity index (χ3n) is 1.11. The van der Waals surface area contributed by atoms with Crippen LogP contribution in [0.2, 0.25) is 0 Å². The van der Waals surface area contributed by atoms with E-state index in [-0.39, 0.29) is 11.8 Å². The molecule has 0 bridgehead atoms. The lowest BCUT2D eigenvalue weighted by Crippen LogP contribution is -2.17. The number of hydrogen-bond acceptors (Lipinski definition) is 4. The first-order chi connectivity index (χ1) is 4.22. The predicted molar refractivity (Wildman–Crippen MR) is 29.5 cm³/mol. The second-order valence-electron chi connectivity index (χ2n) is 1.90. The summed E-state index contributed by atoms with van der Waals surface area (Å²) in [4.78, 5) is 14.0. The van der Waals surface area contributed by atoms with Crippen LogP contribution in [0.3, 0.4) is 0 Å². The van der Waals surface area contributed by atoms with Crippen LogP contribution in [0, 0.1) is 16.0 Å². The van der Waals surface area contributed by atoms with Crippen LogP contribution in [-0.4, -0.2) is 17.4 Å². The molecule has 0 aromatic carbocycles. The summed E-state index contributed by atoms with van der Waals surface area (Å²) in [5.41, 5.74) is 0. The molecule has 0 spiro atoms. The number of rotatable bonds is 0. The maximum absolute atomic E-state index is 10.0. The van der Waals surface area contributed by atoms with Gasteiger partial charge >= 0.3 is 5.84 Å². The van der Waals surface area contributed by atoms with Crippen LogP contribution >= 0.6 is 0 Å². The fraction of sp³-hybridized carbons (Fsp3) is 0.750. The second-order valence-corrected chi connectivity index (χ2v) is 1.90. The van der Waals surface area contributed by atoms with Crippen molar-refractivity contribution in [2.45, 2.75) is 6.92 Å². The smallest absolute Gasteiger partial charge is 0.358 e. The lowest BCUT2D eigenvalue weighted by molar-refractivity contribution is -0.355. The van der Waals surface area contributed by atoms with Gasteiger partial charge in [0.1, 0.15) is 5.92 Å². The molecule has 0 amide bonds. The summed E-state index contributed by atoms with van der Waals surface area (Å²) in [6.07, 6.45) is 0. The van der Waals surface area contributed by atoms with Crippen LogP contribution in [-0.2, 0) is 4.84 Å². The van der Waals surface area contributed by atoms with Crippen molar-refractivity contribution in [3.05, 3.63) is 10.1 Å². The molecule has 0 aliphatic carbocycles. The van der Waals surface area contributed by atoms with Gasteiger partial charge in [0.25, 0.3) is 0 Å². The van der Waals surface area contributed by atoms with Gasteiger partial charge in [-0.1, -0.05) is 0 Å². The maximum Gasteiger partial charge on any atom is 0.391 e. The van der Waals surface area contributed by atoms with Gasteiger partial charge in [-0.15, -0.1) is 0 Å². The summed E-state index contributed by atoms with van der Waals surface area (Å²) in [5.74, 6) is -0.241. The van der Waals surface area contributed by atoms with E-state index in [1.165, 1.54) is 0 Å². The highest BCUT2D eigenvalue weighted by Gasteiger charge is 2.30. The Morgan fingerprint density at radius 1 is 2.00 bits per heavy atom. The number of amidine groups is 1. The van der Waals surface area contributed by atoms with Gasteiger partial charge in [-0.25, -0.2) is 0 Å². The summed E-state index contributed by atoms with van der Waals surface area (Å²) in [6, 6.07) is 0. The van der Waals surface area contributed by atoms with E-state index in [0.29, 0.717) is 6.61 Å². The highest BCUT2D eigenvalue weighted by molar-refractivity contribution is 5.76. The SMILES string of the molecule is C[C@H]1CON=C1[N+](=O)[O-]. The minimum Gasteiger partial charge on any atom is -0.358 e. The van der Waals surface area contributed by atoms with Crippen LogP contribution in [0.5, 0.6) is 0 Å². The molecule has 0 saturated heterocycles. The zero-order valence-electron chi connectivity index (χ0n) is 4.90. The largest absolute Gasteiger partial charge is 0.391 e. The van der Waals surface area contributed by atoms with Crippen LogP contribution in [0.25, 0.3) is 0 Å². The fourth-order valence-corrected chi connectivity index (χ4v) is 0.593. The molecule has 1 aliphatic rings. The summed E-state index contributed by atoms with van der Waals surface area (Å²) < 4.78 is 0. The van der Waals surface area contributed by atoms with Crippen molar-refractivity contribution >= 4 is 5.84 Å². The number of hydrogen-bond donors (Lipinski definition) is 0. The van der Waals surface area contributed by atoms with Crippen molar-refractivity contribution < 1.29 is 9.76 Å². The first-order valence-electron chi connectivity index (χ1n) is 2.56. The Balaban J connectivity index is 2.68. The number of oxime groups is 1. The number of nitrogens with zero attached hydrogens (tertiary/aromatic N) is 2. The minimum atomic E-state index is -0.516. The van der Waals surface area contributed by atoms with Gasteiger partial charge in [0.05, 0.1) is 0 Å². The quantitative estimate of drug-likeness (QED) is 0.348. The van der Waals surface area contributed by atoms with Gasteiger partial charge < -0.3 is 10.1 Å². The molecule has 5 heteroatoms. The molecule has 1 atom stereocenters. The second kappa shape index (κ2) is 2.00. The molecular formula is C4H6N2O3. The van der Waals surface area contributed by atoms with Gasteiger partial charge in [0.2, 0.25) is 0 Å². The average molecular weight is 130 g/mol. The molecule has 0 saturated carbocycles. The predicted octanol–water partition coefficient (Wildman–Crippen LogP) is 0.243. The van der Waals surface area contributed by atoms with E-state index in [2.05, 4.69) is 9.99 Å². The van der Waals surface area contributed by atoms with Crippen molar-refractivity contribution in [3.8, 4) is 0 Å². The lowest BCUT2D eigenvalue weighted by Gasteiger charge is -1.92. The Morgan fingerprint density at radius 3 is 2.89 bits per heavy atom. The molecule has 50 valence electrons. The molecule has 1 aliphatic heterocycles. The molecule has 0 unspecified atom stereocenters. The highest BCUT2D eigenvalue weighted by atomic mass is 16.7. The Kier molecular flexibility index (Phi) is 1.33. The normalized spacial score (nSPS) is 25.0. The van der Waals surface area contributed by atoms with Crippen molar-refractivity contribution in [2.75, 3.05) is 6.61 Å². The Hall–Kier alpha value is -1.13. The fourth-order valence-electron chi connectivity index (χ4n) is 0.593. The van der Waals surface area contributed by atoms with Gasteiger partial charge in [-0.2, -0.15) is 0 Å². The third-order valence-corrected chi connectivity index (χ3v) is 1.11. The molecule has 0 aromatic rings. The first kappa shape index (κ1) is 6.00. The monoisotopic (exact) mass is 130 g/mol. The Labute approximate surface area is 51.4 Å². The molecule has 0 fully saturated rings. The molecule has 0 radical (unpaired) electrons. The van der Waals surface area contributed by atoms with Crippen LogP contribution in [0.4, 0.5) is 0 Å². The average Bonchev–Trinajstić information content (AvgIpc) is 2.13. The van der Waals surface area contributed by atoms with Crippen LogP contribution in [0.15, 0.2) is 5.16 Å². The van der Waals surface area contributed by atoms with Crippen molar-refractivity contribution in [1.82, 2.24) is 0 Å². The summed E-state index contributed by atoms with van der Waals surface area (Å²) >= 11 is 0. The molecule has 0 N–H and O–H groups in total. The van der Waals surface area contributed by atoms with Gasteiger partial charge in [-0.05, 0) is 11.8 Å². The zero-order chi connectivity index (χ0) is 6.85. The Bertz CT molecular complexity index is 165. The number of nitro groups is 1. The third kappa shape index (κ3) is 0.984.